The molecule has 194 valence electrons. The van der Waals surface area contributed by atoms with Crippen LogP contribution in [0, 0.1) is 0 Å². The molecule has 0 unspecified atom stereocenters. The standard InChI is InChI=1S/C19H13ClF9N2O3S/c1-2-15(13-8-12(20)5-6-16(13)31-35(32,33)19(27,28)29)30-34-9-10-3-4-11(17(21,22)23)7-14(10)18(24,25)26/h3-8H,2,9H2,1H3/q-1. The number of sulfonamides is 1. The Morgan fingerprint density at radius 3 is 2.11 bits per heavy atom. The Balaban J connectivity index is 2.41. The number of halogens is 10. The first-order chi connectivity index (χ1) is 15.9. The van der Waals surface area contributed by atoms with E-state index in [9.17, 15) is 47.9 Å². The van der Waals surface area contributed by atoms with Gasteiger partial charge >= 0.3 is 17.9 Å². The molecule has 0 atom stereocenters. The number of hydrogen-bond acceptors (Lipinski definition) is 4. The van der Waals surface area contributed by atoms with Crippen molar-refractivity contribution in [2.75, 3.05) is 0 Å². The smallest absolute Gasteiger partial charge is 0.483 e. The highest BCUT2D eigenvalue weighted by Crippen LogP contribution is 2.39. The van der Waals surface area contributed by atoms with Crippen molar-refractivity contribution in [1.29, 1.82) is 0 Å². The molecule has 0 bridgehead atoms. The average Bonchev–Trinajstić information content (AvgIpc) is 2.70. The maximum absolute atomic E-state index is 13.3. The van der Waals surface area contributed by atoms with Crippen molar-refractivity contribution in [2.24, 2.45) is 5.16 Å². The van der Waals surface area contributed by atoms with Crippen LogP contribution in [0.3, 0.4) is 0 Å². The minimum atomic E-state index is -5.96. The summed E-state index contributed by atoms with van der Waals surface area (Å²) in [4.78, 5) is 4.83. The summed E-state index contributed by atoms with van der Waals surface area (Å²) in [5.74, 6) is 0. The number of rotatable bonds is 7. The van der Waals surface area contributed by atoms with Crippen LogP contribution in [0.5, 0.6) is 0 Å². The zero-order chi connectivity index (χ0) is 26.8. The molecule has 0 aromatic heterocycles. The minimum Gasteiger partial charge on any atom is -0.569 e. The van der Waals surface area contributed by atoms with Gasteiger partial charge in [-0.2, -0.15) is 39.5 Å². The monoisotopic (exact) mass is 555 g/mol. The van der Waals surface area contributed by atoms with E-state index in [0.717, 1.165) is 18.2 Å². The molecule has 0 spiro atoms. The van der Waals surface area contributed by atoms with Gasteiger partial charge in [-0.3, -0.25) is 0 Å². The number of benzene rings is 2. The van der Waals surface area contributed by atoms with Crippen LogP contribution in [0.1, 0.15) is 35.6 Å². The fourth-order valence-electron chi connectivity index (χ4n) is 2.63. The van der Waals surface area contributed by atoms with Gasteiger partial charge in [0.1, 0.15) is 6.61 Å². The molecule has 0 saturated carbocycles. The number of hydrogen-bond donors (Lipinski definition) is 0. The molecule has 0 heterocycles. The van der Waals surface area contributed by atoms with Crippen molar-refractivity contribution < 1.29 is 52.8 Å². The summed E-state index contributed by atoms with van der Waals surface area (Å²) in [5.41, 5.74) is -10.9. The van der Waals surface area contributed by atoms with Gasteiger partial charge in [-0.25, -0.2) is 8.42 Å². The molecular weight excluding hydrogens is 543 g/mol. The van der Waals surface area contributed by atoms with Gasteiger partial charge in [-0.15, -0.1) is 5.69 Å². The average molecular weight is 556 g/mol. The van der Waals surface area contributed by atoms with E-state index in [4.69, 9.17) is 16.4 Å². The van der Waals surface area contributed by atoms with Crippen LogP contribution in [0.25, 0.3) is 4.72 Å². The molecule has 0 aliphatic carbocycles. The Morgan fingerprint density at radius 1 is 0.971 bits per heavy atom. The highest BCUT2D eigenvalue weighted by atomic mass is 35.5. The maximum atomic E-state index is 13.3. The summed E-state index contributed by atoms with van der Waals surface area (Å²) in [6.07, 6.45) is -10.3. The van der Waals surface area contributed by atoms with E-state index in [0.29, 0.717) is 12.1 Å². The number of nitrogens with zero attached hydrogens (tertiary/aromatic N) is 2. The molecule has 2 aromatic rings. The summed E-state index contributed by atoms with van der Waals surface area (Å²) in [5, 5.41) is 3.47. The van der Waals surface area contributed by atoms with Gasteiger partial charge in [0.15, 0.2) is 10.0 Å². The van der Waals surface area contributed by atoms with Crippen LogP contribution in [-0.2, 0) is 33.8 Å². The highest BCUT2D eigenvalue weighted by molar-refractivity contribution is 7.95. The van der Waals surface area contributed by atoms with Gasteiger partial charge in [0.25, 0.3) is 0 Å². The fraction of sp³-hybridized carbons (Fsp3) is 0.316. The van der Waals surface area contributed by atoms with E-state index in [1.54, 1.807) is 0 Å². The fourth-order valence-corrected chi connectivity index (χ4v) is 3.32. The topological polar surface area (TPSA) is 69.8 Å². The van der Waals surface area contributed by atoms with E-state index < -0.39 is 56.9 Å². The molecule has 0 radical (unpaired) electrons. The molecule has 0 aliphatic heterocycles. The molecule has 5 nitrogen and oxygen atoms in total. The van der Waals surface area contributed by atoms with E-state index >= 15 is 0 Å². The van der Waals surface area contributed by atoms with Crippen molar-refractivity contribution in [3.05, 3.63) is 68.4 Å². The molecule has 0 aliphatic rings. The quantitative estimate of drug-likeness (QED) is 0.201. The molecule has 0 saturated heterocycles. The lowest BCUT2D eigenvalue weighted by atomic mass is 10.0. The van der Waals surface area contributed by atoms with Crippen LogP contribution >= 0.6 is 11.6 Å². The summed E-state index contributed by atoms with van der Waals surface area (Å²) in [6.45, 7) is 0.439. The number of alkyl halides is 9. The predicted octanol–water partition coefficient (Wildman–Crippen LogP) is 7.56. The Kier molecular flexibility index (Phi) is 8.26. The van der Waals surface area contributed by atoms with Gasteiger partial charge in [0.2, 0.25) is 0 Å². The van der Waals surface area contributed by atoms with Crippen molar-refractivity contribution in [3.8, 4) is 0 Å². The lowest BCUT2D eigenvalue weighted by Gasteiger charge is -2.26. The second kappa shape index (κ2) is 10.1. The van der Waals surface area contributed by atoms with Crippen LogP contribution in [-0.4, -0.2) is 19.6 Å². The normalized spacial score (nSPS) is 13.6. The van der Waals surface area contributed by atoms with E-state index in [1.807, 2.05) is 0 Å². The van der Waals surface area contributed by atoms with Gasteiger partial charge in [0, 0.05) is 10.6 Å². The second-order valence-corrected chi connectivity index (χ2v) is 8.74. The summed E-state index contributed by atoms with van der Waals surface area (Å²) < 4.78 is 142. The van der Waals surface area contributed by atoms with Crippen molar-refractivity contribution in [3.63, 3.8) is 0 Å². The Labute approximate surface area is 197 Å². The predicted molar refractivity (Wildman–Crippen MR) is 108 cm³/mol. The SMILES string of the molecule is CCC(=NOCc1ccc(C(F)(F)F)cc1C(F)(F)F)c1cc(Cl)ccc1[N-]S(=O)(=O)C(F)(F)F. The molecule has 0 N–H and O–H groups in total. The van der Waals surface area contributed by atoms with Crippen LogP contribution < -0.4 is 0 Å². The maximum Gasteiger partial charge on any atom is 0.483 e. The molecule has 2 rings (SSSR count). The lowest BCUT2D eigenvalue weighted by Crippen LogP contribution is -2.21. The van der Waals surface area contributed by atoms with Crippen LogP contribution in [0.4, 0.5) is 45.2 Å². The van der Waals surface area contributed by atoms with E-state index in [-0.39, 0.29) is 28.8 Å². The molecular formula is C19H13ClF9N2O3S-. The molecule has 35 heavy (non-hydrogen) atoms. The third-order valence-electron chi connectivity index (χ3n) is 4.25. The van der Waals surface area contributed by atoms with E-state index in [1.165, 1.54) is 6.92 Å². The first kappa shape index (κ1) is 28.6. The van der Waals surface area contributed by atoms with Crippen molar-refractivity contribution >= 4 is 33.0 Å². The molecule has 16 heteroatoms. The van der Waals surface area contributed by atoms with Crippen LogP contribution in [0.15, 0.2) is 41.6 Å². The third-order valence-corrected chi connectivity index (χ3v) is 5.51. The largest absolute Gasteiger partial charge is 0.569 e. The molecule has 0 fully saturated rings. The van der Waals surface area contributed by atoms with Crippen molar-refractivity contribution in [2.45, 2.75) is 37.8 Å². The van der Waals surface area contributed by atoms with Gasteiger partial charge in [0.05, 0.1) is 16.8 Å². The Morgan fingerprint density at radius 2 is 1.60 bits per heavy atom. The van der Waals surface area contributed by atoms with Crippen molar-refractivity contribution in [1.82, 2.24) is 0 Å². The van der Waals surface area contributed by atoms with Gasteiger partial charge in [-0.05, 0) is 36.2 Å². The van der Waals surface area contributed by atoms with E-state index in [2.05, 4.69) is 9.88 Å². The third kappa shape index (κ3) is 7.16. The molecule has 2 aromatic carbocycles. The first-order valence-corrected chi connectivity index (χ1v) is 11.0. The van der Waals surface area contributed by atoms with Gasteiger partial charge < -0.3 is 9.56 Å². The lowest BCUT2D eigenvalue weighted by molar-refractivity contribution is -0.143. The van der Waals surface area contributed by atoms with Crippen LogP contribution in [0.2, 0.25) is 5.02 Å². The Hall–Kier alpha value is -2.68. The zero-order valence-corrected chi connectivity index (χ0v) is 18.8. The van der Waals surface area contributed by atoms with Gasteiger partial charge in [-0.1, -0.05) is 35.8 Å². The first-order valence-electron chi connectivity index (χ1n) is 9.17. The summed E-state index contributed by atoms with van der Waals surface area (Å²) >= 11 is 5.81. The number of oxime groups is 1. The highest BCUT2D eigenvalue weighted by Gasteiger charge is 2.40. The summed E-state index contributed by atoms with van der Waals surface area (Å²) in [6, 6.07) is 3.76. The zero-order valence-electron chi connectivity index (χ0n) is 17.2. The minimum absolute atomic E-state index is 0.0633. The second-order valence-electron chi connectivity index (χ2n) is 6.71. The molecule has 0 amide bonds. The Bertz CT molecular complexity index is 1210. The summed E-state index contributed by atoms with van der Waals surface area (Å²) in [7, 11) is -5.96.